The van der Waals surface area contributed by atoms with Crippen molar-refractivity contribution in [3.05, 3.63) is 11.4 Å². The summed E-state index contributed by atoms with van der Waals surface area (Å²) in [5, 5.41) is 8.82. The fraction of sp³-hybridized carbons (Fsp3) is 0.846. The molecule has 1 aromatic heterocycles. The van der Waals surface area contributed by atoms with Gasteiger partial charge in [-0.15, -0.1) is 5.10 Å². The highest BCUT2D eigenvalue weighted by atomic mass is 15.4. The van der Waals surface area contributed by atoms with Gasteiger partial charge in [-0.05, 0) is 25.7 Å². The minimum absolute atomic E-state index is 0.559. The Morgan fingerprint density at radius 3 is 2.41 bits per heavy atom. The monoisotopic (exact) mass is 234 g/mol. The van der Waals surface area contributed by atoms with E-state index in [4.69, 9.17) is 5.73 Å². The molecule has 0 saturated heterocycles. The summed E-state index contributed by atoms with van der Waals surface area (Å²) >= 11 is 0. The molecule has 3 rings (SSSR count). The van der Waals surface area contributed by atoms with Crippen molar-refractivity contribution < 1.29 is 0 Å². The highest BCUT2D eigenvalue weighted by Gasteiger charge is 2.28. The number of hydrogen-bond acceptors (Lipinski definition) is 3. The lowest BCUT2D eigenvalue weighted by Gasteiger charge is -2.26. The van der Waals surface area contributed by atoms with E-state index in [1.165, 1.54) is 62.8 Å². The first-order valence-electron chi connectivity index (χ1n) is 7.04. The second kappa shape index (κ2) is 4.77. The van der Waals surface area contributed by atoms with Gasteiger partial charge < -0.3 is 5.73 Å². The van der Waals surface area contributed by atoms with Gasteiger partial charge >= 0.3 is 0 Å². The molecule has 2 aliphatic carbocycles. The van der Waals surface area contributed by atoms with E-state index in [0.717, 1.165) is 0 Å². The van der Waals surface area contributed by atoms with Crippen molar-refractivity contribution in [1.29, 1.82) is 0 Å². The van der Waals surface area contributed by atoms with Crippen LogP contribution in [0.15, 0.2) is 0 Å². The zero-order valence-corrected chi connectivity index (χ0v) is 10.4. The van der Waals surface area contributed by atoms with E-state index in [0.29, 0.717) is 18.5 Å². The highest BCUT2D eigenvalue weighted by Crippen LogP contribution is 2.38. The first kappa shape index (κ1) is 11.2. The zero-order chi connectivity index (χ0) is 11.7. The molecule has 2 saturated carbocycles. The maximum absolute atomic E-state index is 5.92. The Balaban J connectivity index is 1.85. The molecule has 2 fully saturated rings. The maximum atomic E-state index is 5.92. The van der Waals surface area contributed by atoms with E-state index in [1.807, 2.05) is 0 Å². The molecule has 1 aromatic rings. The van der Waals surface area contributed by atoms with Gasteiger partial charge in [0.1, 0.15) is 0 Å². The van der Waals surface area contributed by atoms with E-state index >= 15 is 0 Å². The summed E-state index contributed by atoms with van der Waals surface area (Å²) in [7, 11) is 0. The third kappa shape index (κ3) is 1.99. The second-order valence-corrected chi connectivity index (χ2v) is 5.49. The van der Waals surface area contributed by atoms with Crippen molar-refractivity contribution in [1.82, 2.24) is 15.0 Å². The van der Waals surface area contributed by atoms with E-state index < -0.39 is 0 Å². The standard InChI is InChI=1S/C13H22N4/c14-9-12-13(10-5-4-6-10)15-16-17(12)11-7-2-1-3-8-11/h10-11H,1-9,14H2. The Morgan fingerprint density at radius 1 is 1.06 bits per heavy atom. The molecule has 2 aliphatic rings. The minimum Gasteiger partial charge on any atom is -0.325 e. The Kier molecular flexibility index (Phi) is 3.14. The molecular weight excluding hydrogens is 212 g/mol. The van der Waals surface area contributed by atoms with Crippen LogP contribution in [0.25, 0.3) is 0 Å². The van der Waals surface area contributed by atoms with Crippen LogP contribution in [0.3, 0.4) is 0 Å². The van der Waals surface area contributed by atoms with Gasteiger partial charge in [-0.25, -0.2) is 4.68 Å². The lowest BCUT2D eigenvalue weighted by Crippen LogP contribution is -2.20. The quantitative estimate of drug-likeness (QED) is 0.874. The summed E-state index contributed by atoms with van der Waals surface area (Å²) in [6, 6.07) is 0.559. The molecule has 0 bridgehead atoms. The van der Waals surface area contributed by atoms with Crippen LogP contribution in [0.5, 0.6) is 0 Å². The number of nitrogens with zero attached hydrogens (tertiary/aromatic N) is 3. The lowest BCUT2D eigenvalue weighted by molar-refractivity contribution is 0.317. The molecule has 0 aromatic carbocycles. The van der Waals surface area contributed by atoms with Gasteiger partial charge in [0.25, 0.3) is 0 Å². The number of rotatable bonds is 3. The number of hydrogen-bond donors (Lipinski definition) is 1. The Labute approximate surface area is 103 Å². The summed E-state index contributed by atoms with van der Waals surface area (Å²) < 4.78 is 2.15. The van der Waals surface area contributed by atoms with Crippen LogP contribution in [-0.2, 0) is 6.54 Å². The van der Waals surface area contributed by atoms with Gasteiger partial charge in [-0.2, -0.15) is 0 Å². The Morgan fingerprint density at radius 2 is 1.82 bits per heavy atom. The SMILES string of the molecule is NCc1c(C2CCC2)nnn1C1CCCCC1. The molecule has 4 heteroatoms. The third-order valence-corrected chi connectivity index (χ3v) is 4.43. The highest BCUT2D eigenvalue weighted by molar-refractivity contribution is 5.18. The fourth-order valence-corrected chi connectivity index (χ4v) is 3.14. The van der Waals surface area contributed by atoms with Crippen molar-refractivity contribution in [3.63, 3.8) is 0 Å². The normalized spacial score (nSPS) is 22.6. The van der Waals surface area contributed by atoms with Crippen LogP contribution in [-0.4, -0.2) is 15.0 Å². The number of nitrogens with two attached hydrogens (primary N) is 1. The van der Waals surface area contributed by atoms with Gasteiger partial charge in [0, 0.05) is 12.5 Å². The van der Waals surface area contributed by atoms with Gasteiger partial charge in [-0.1, -0.05) is 30.9 Å². The Bertz CT molecular complexity index is 375. The van der Waals surface area contributed by atoms with E-state index in [2.05, 4.69) is 15.0 Å². The van der Waals surface area contributed by atoms with Crippen LogP contribution in [0.1, 0.15) is 74.7 Å². The van der Waals surface area contributed by atoms with Gasteiger partial charge in [0.2, 0.25) is 0 Å². The van der Waals surface area contributed by atoms with Crippen LogP contribution < -0.4 is 5.73 Å². The van der Waals surface area contributed by atoms with Crippen LogP contribution in [0.2, 0.25) is 0 Å². The van der Waals surface area contributed by atoms with Gasteiger partial charge in [0.15, 0.2) is 0 Å². The first-order valence-corrected chi connectivity index (χ1v) is 7.04. The summed E-state index contributed by atoms with van der Waals surface area (Å²) in [6.07, 6.45) is 10.4. The van der Waals surface area contributed by atoms with Gasteiger partial charge in [-0.3, -0.25) is 0 Å². The smallest absolute Gasteiger partial charge is 0.0903 e. The molecular formula is C13H22N4. The first-order chi connectivity index (χ1) is 8.40. The number of aromatic nitrogens is 3. The molecule has 17 heavy (non-hydrogen) atoms. The second-order valence-electron chi connectivity index (χ2n) is 5.49. The predicted molar refractivity (Wildman–Crippen MR) is 66.6 cm³/mol. The minimum atomic E-state index is 0.559. The van der Waals surface area contributed by atoms with Crippen molar-refractivity contribution >= 4 is 0 Å². The molecule has 4 nitrogen and oxygen atoms in total. The van der Waals surface area contributed by atoms with Crippen molar-refractivity contribution in [2.24, 2.45) is 5.73 Å². The van der Waals surface area contributed by atoms with Crippen molar-refractivity contribution in [2.45, 2.75) is 69.9 Å². The molecule has 0 atom stereocenters. The topological polar surface area (TPSA) is 56.7 Å². The molecule has 0 aliphatic heterocycles. The maximum Gasteiger partial charge on any atom is 0.0903 e. The largest absolute Gasteiger partial charge is 0.325 e. The van der Waals surface area contributed by atoms with E-state index in [1.54, 1.807) is 0 Å². The van der Waals surface area contributed by atoms with Crippen molar-refractivity contribution in [3.8, 4) is 0 Å². The molecule has 1 heterocycles. The molecule has 0 unspecified atom stereocenters. The van der Waals surface area contributed by atoms with E-state index in [9.17, 15) is 0 Å². The summed E-state index contributed by atoms with van der Waals surface area (Å²) in [6.45, 7) is 0.593. The molecule has 94 valence electrons. The lowest BCUT2D eigenvalue weighted by atomic mass is 9.82. The molecule has 2 N–H and O–H groups in total. The van der Waals surface area contributed by atoms with E-state index in [-0.39, 0.29) is 0 Å². The zero-order valence-electron chi connectivity index (χ0n) is 10.4. The Hall–Kier alpha value is -0.900. The predicted octanol–water partition coefficient (Wildman–Crippen LogP) is 2.51. The fourth-order valence-electron chi connectivity index (χ4n) is 3.14. The summed E-state index contributed by atoms with van der Waals surface area (Å²) in [5.74, 6) is 0.644. The van der Waals surface area contributed by atoms with Crippen LogP contribution >= 0.6 is 0 Å². The van der Waals surface area contributed by atoms with Crippen molar-refractivity contribution in [2.75, 3.05) is 0 Å². The molecule has 0 spiro atoms. The molecule has 0 amide bonds. The molecule has 0 radical (unpaired) electrons. The van der Waals surface area contributed by atoms with Crippen LogP contribution in [0, 0.1) is 0 Å². The van der Waals surface area contributed by atoms with Crippen LogP contribution in [0.4, 0.5) is 0 Å². The average molecular weight is 234 g/mol. The third-order valence-electron chi connectivity index (χ3n) is 4.43. The average Bonchev–Trinajstić information content (AvgIpc) is 2.71. The van der Waals surface area contributed by atoms with Gasteiger partial charge in [0.05, 0.1) is 17.4 Å². The summed E-state index contributed by atoms with van der Waals surface area (Å²) in [4.78, 5) is 0. The summed E-state index contributed by atoms with van der Waals surface area (Å²) in [5.41, 5.74) is 8.33.